The van der Waals surface area contributed by atoms with E-state index in [1.165, 1.54) is 42.7 Å². The Bertz CT molecular complexity index is 1150. The van der Waals surface area contributed by atoms with Crippen molar-refractivity contribution in [3.05, 3.63) is 0 Å². The maximum atomic E-state index is 6.95. The van der Waals surface area contributed by atoms with E-state index in [9.17, 15) is 0 Å². The van der Waals surface area contributed by atoms with Gasteiger partial charge in [0.1, 0.15) is 97.7 Å². The molecule has 0 aromatic heterocycles. The molecule has 20 atom stereocenters. The van der Waals surface area contributed by atoms with E-state index in [2.05, 4.69) is 0 Å². The average molecular weight is 863 g/mol. The fraction of sp³-hybridized carbons (Fsp3) is 1.00. The van der Waals surface area contributed by atoms with Gasteiger partial charge in [0.25, 0.3) is 0 Å². The number of hydrogen-bond donors (Lipinski definition) is 0. The van der Waals surface area contributed by atoms with Crippen molar-refractivity contribution in [1.29, 1.82) is 0 Å². The van der Waals surface area contributed by atoms with Gasteiger partial charge in [-0.2, -0.15) is 0 Å². The van der Waals surface area contributed by atoms with Crippen LogP contribution in [0.25, 0.3) is 0 Å². The third-order valence-electron chi connectivity index (χ3n) is 11.2. The molecule has 0 aromatic carbocycles. The highest BCUT2D eigenvalue weighted by molar-refractivity contribution is 5.00. The minimum atomic E-state index is -1.14. The van der Waals surface area contributed by atoms with Gasteiger partial charge in [-0.1, -0.05) is 0 Å². The summed E-state index contributed by atoms with van der Waals surface area (Å²) in [5.74, 6) is 0. The summed E-state index contributed by atoms with van der Waals surface area (Å²) in [5.41, 5.74) is 0. The topological polar surface area (TPSA) is 194 Å². The molecular weight excluding hydrogens is 792 g/mol. The summed E-state index contributed by atoms with van der Waals surface area (Å²) >= 11 is 0. The Morgan fingerprint density at radius 1 is 0.237 bits per heavy atom. The molecule has 21 nitrogen and oxygen atoms in total. The maximum Gasteiger partial charge on any atom is 0.187 e. The zero-order chi connectivity index (χ0) is 43.2. The summed E-state index contributed by atoms with van der Waals surface area (Å²) in [6.45, 7) is 0.580. The first-order chi connectivity index (χ1) is 28.7. The third-order valence-corrected chi connectivity index (χ3v) is 11.2. The molecule has 4 heterocycles. The van der Waals surface area contributed by atoms with E-state index < -0.39 is 123 Å². The molecule has 0 bridgehead atoms. The van der Waals surface area contributed by atoms with Crippen LogP contribution in [0.2, 0.25) is 0 Å². The smallest absolute Gasteiger partial charge is 0.187 e. The molecule has 0 radical (unpaired) electrons. The molecule has 4 rings (SSSR count). The average Bonchev–Trinajstić information content (AvgIpc) is 3.23. The van der Waals surface area contributed by atoms with E-state index >= 15 is 0 Å². The Balaban J connectivity index is 1.73. The van der Waals surface area contributed by atoms with Gasteiger partial charge < -0.3 is 99.5 Å². The second-order valence-electron chi connectivity index (χ2n) is 14.3. The summed E-state index contributed by atoms with van der Waals surface area (Å²) in [6.07, 6.45) is -16.1. The fourth-order valence-corrected chi connectivity index (χ4v) is 8.56. The number of ether oxygens (including phenoxy) is 21. The van der Waals surface area contributed by atoms with E-state index in [1.54, 1.807) is 56.9 Å². The van der Waals surface area contributed by atoms with Crippen LogP contribution in [0.3, 0.4) is 0 Å². The lowest BCUT2D eigenvalue weighted by Crippen LogP contribution is -2.69. The molecule has 0 aliphatic carbocycles. The highest BCUT2D eigenvalue weighted by Crippen LogP contribution is 2.38. The maximum absolute atomic E-state index is 6.95. The standard InChI is InChI=1S/C38H70O21/c1-39-15-19-23(43-5)27(47-9)31(48-10)36(54-19)58-29-25(45-7)21(17-41-3)56-38(33(29)50-12)59-30-26(46-8)22(18-42-4)55-37(34(30)51-13)57-28-24(44-6)20(16-40-2)53-35(52-14)32(28)49-11/h19-38H,15-18H2,1-14H3/t19-,20-,21-,22-,23-,24-,25-,26-,27+,28+,29+,30+,31-,32-,33-,34-,35+,36+,37+,38+/m1/s1. The Labute approximate surface area is 348 Å². The lowest BCUT2D eigenvalue weighted by molar-refractivity contribution is -0.396. The van der Waals surface area contributed by atoms with Gasteiger partial charge in [-0.25, -0.2) is 0 Å². The first kappa shape index (κ1) is 50.8. The molecule has 59 heavy (non-hydrogen) atoms. The SMILES string of the molecule is COC[C@H]1O[C@@H](O[C@@H]2[C@@H](OC)[C@H](O[C@@H]3[C@@H](OC)[C@H](O[C@@H]4[C@@H](OC)[C@@H](OC)O[C@H](COC)[C@H]4OC)O[C@H](COC)[C@H]3OC)O[C@H](COC)[C@H]2OC)[C@H](OC)[C@@H](OC)[C@@H]1OC. The summed E-state index contributed by atoms with van der Waals surface area (Å²) in [4.78, 5) is 0. The van der Waals surface area contributed by atoms with Crippen LogP contribution < -0.4 is 0 Å². The van der Waals surface area contributed by atoms with Crippen LogP contribution in [0.1, 0.15) is 0 Å². The Morgan fingerprint density at radius 2 is 0.458 bits per heavy atom. The van der Waals surface area contributed by atoms with Crippen LogP contribution in [0.5, 0.6) is 0 Å². The quantitative estimate of drug-likeness (QED) is 0.119. The highest BCUT2D eigenvalue weighted by Gasteiger charge is 2.58. The molecule has 0 amide bonds. The molecule has 21 heteroatoms. The summed E-state index contributed by atoms with van der Waals surface area (Å²) in [6, 6.07) is 0. The van der Waals surface area contributed by atoms with Crippen molar-refractivity contribution in [1.82, 2.24) is 0 Å². The lowest BCUT2D eigenvalue weighted by Gasteiger charge is -2.52. The van der Waals surface area contributed by atoms with Gasteiger partial charge >= 0.3 is 0 Å². The van der Waals surface area contributed by atoms with Crippen molar-refractivity contribution in [3.63, 3.8) is 0 Å². The van der Waals surface area contributed by atoms with E-state index in [-0.39, 0.29) is 26.4 Å². The van der Waals surface area contributed by atoms with Crippen LogP contribution in [0.15, 0.2) is 0 Å². The fourth-order valence-electron chi connectivity index (χ4n) is 8.56. The second kappa shape index (κ2) is 25.5. The molecular formula is C38H70O21. The van der Waals surface area contributed by atoms with Crippen LogP contribution in [-0.2, 0) is 99.5 Å². The first-order valence-corrected chi connectivity index (χ1v) is 19.5. The summed E-state index contributed by atoms with van der Waals surface area (Å²) in [5, 5.41) is 0. The van der Waals surface area contributed by atoms with Gasteiger partial charge in [0, 0.05) is 99.5 Å². The minimum Gasteiger partial charge on any atom is -0.382 e. The second-order valence-corrected chi connectivity index (χ2v) is 14.3. The molecule has 4 aliphatic rings. The Kier molecular flexibility index (Phi) is 21.9. The van der Waals surface area contributed by atoms with Crippen molar-refractivity contribution < 1.29 is 99.5 Å². The van der Waals surface area contributed by atoms with Gasteiger partial charge in [-0.3, -0.25) is 0 Å². The largest absolute Gasteiger partial charge is 0.382 e. The summed E-state index contributed by atoms with van der Waals surface area (Å²) < 4.78 is 128. The van der Waals surface area contributed by atoms with Gasteiger partial charge in [0.15, 0.2) is 25.2 Å². The molecule has 348 valence electrons. The monoisotopic (exact) mass is 862 g/mol. The van der Waals surface area contributed by atoms with Gasteiger partial charge in [-0.05, 0) is 0 Å². The van der Waals surface area contributed by atoms with Crippen molar-refractivity contribution >= 4 is 0 Å². The minimum absolute atomic E-state index is 0.100. The normalized spacial score (nSPS) is 43.2. The zero-order valence-corrected chi connectivity index (χ0v) is 36.9. The lowest BCUT2D eigenvalue weighted by atomic mass is 9.95. The van der Waals surface area contributed by atoms with E-state index in [4.69, 9.17) is 99.5 Å². The van der Waals surface area contributed by atoms with Crippen LogP contribution in [0.4, 0.5) is 0 Å². The molecule has 0 unspecified atom stereocenters. The number of methoxy groups -OCH3 is 14. The van der Waals surface area contributed by atoms with Gasteiger partial charge in [0.05, 0.1) is 26.4 Å². The molecule has 0 N–H and O–H groups in total. The molecule has 0 spiro atoms. The molecule has 4 saturated heterocycles. The van der Waals surface area contributed by atoms with Crippen molar-refractivity contribution in [3.8, 4) is 0 Å². The summed E-state index contributed by atoms with van der Waals surface area (Å²) in [7, 11) is 21.6. The van der Waals surface area contributed by atoms with Crippen LogP contribution in [0, 0.1) is 0 Å². The van der Waals surface area contributed by atoms with Gasteiger partial charge in [0.2, 0.25) is 0 Å². The van der Waals surface area contributed by atoms with E-state index in [0.29, 0.717) is 0 Å². The Morgan fingerprint density at radius 3 is 0.695 bits per heavy atom. The molecule has 4 aliphatic heterocycles. The predicted octanol–water partition coefficient (Wildman–Crippen LogP) is -0.591. The van der Waals surface area contributed by atoms with E-state index in [0.717, 1.165) is 0 Å². The first-order valence-electron chi connectivity index (χ1n) is 19.5. The number of rotatable bonds is 24. The Hall–Kier alpha value is -0.840. The van der Waals surface area contributed by atoms with Gasteiger partial charge in [-0.15, -0.1) is 0 Å². The molecule has 4 fully saturated rings. The molecule has 0 aromatic rings. The third kappa shape index (κ3) is 11.5. The zero-order valence-electron chi connectivity index (χ0n) is 36.9. The van der Waals surface area contributed by atoms with Crippen LogP contribution >= 0.6 is 0 Å². The number of hydrogen-bond acceptors (Lipinski definition) is 21. The van der Waals surface area contributed by atoms with Crippen molar-refractivity contribution in [2.24, 2.45) is 0 Å². The van der Waals surface area contributed by atoms with Crippen molar-refractivity contribution in [2.75, 3.05) is 126 Å². The van der Waals surface area contributed by atoms with Crippen molar-refractivity contribution in [2.45, 2.75) is 123 Å². The van der Waals surface area contributed by atoms with Crippen LogP contribution in [-0.4, -0.2) is 249 Å². The van der Waals surface area contributed by atoms with E-state index in [1.807, 2.05) is 0 Å². The molecule has 0 saturated carbocycles. The predicted molar refractivity (Wildman–Crippen MR) is 201 cm³/mol. The highest BCUT2D eigenvalue weighted by atomic mass is 16.8.